The molecule has 0 aliphatic heterocycles. The summed E-state index contributed by atoms with van der Waals surface area (Å²) in [5.41, 5.74) is 3.22. The molecule has 0 saturated carbocycles. The molecular weight excluding hydrogens is 426 g/mol. The molecule has 4 nitrogen and oxygen atoms in total. The number of aromatic nitrogens is 2. The van der Waals surface area contributed by atoms with E-state index in [1.165, 1.54) is 24.1 Å². The first-order valence-electron chi connectivity index (χ1n) is 10.7. The minimum absolute atomic E-state index is 0.725. The van der Waals surface area contributed by atoms with Gasteiger partial charge in [-0.15, -0.1) is 11.3 Å². The third-order valence-electron chi connectivity index (χ3n) is 5.18. The summed E-state index contributed by atoms with van der Waals surface area (Å²) in [7, 11) is 0. The molecule has 0 fully saturated rings. The van der Waals surface area contributed by atoms with E-state index in [1.54, 1.807) is 17.7 Å². The van der Waals surface area contributed by atoms with E-state index in [4.69, 9.17) is 16.3 Å². The minimum atomic E-state index is 0.725. The number of anilines is 2. The molecule has 2 aromatic heterocycles. The normalized spacial score (nSPS) is 11.1. The van der Waals surface area contributed by atoms with Crippen LogP contribution in [0.1, 0.15) is 37.5 Å². The van der Waals surface area contributed by atoms with Crippen LogP contribution in [0.4, 0.5) is 11.5 Å². The smallest absolute Gasteiger partial charge is 0.143 e. The zero-order valence-electron chi connectivity index (χ0n) is 17.8. The molecule has 0 saturated heterocycles. The third-order valence-corrected chi connectivity index (χ3v) is 6.45. The molecule has 0 bridgehead atoms. The van der Waals surface area contributed by atoms with Crippen molar-refractivity contribution in [2.75, 3.05) is 11.9 Å². The van der Waals surface area contributed by atoms with Crippen molar-refractivity contribution in [1.82, 2.24) is 9.97 Å². The Balaban J connectivity index is 1.55. The fourth-order valence-corrected chi connectivity index (χ4v) is 4.73. The number of rotatable bonds is 9. The summed E-state index contributed by atoms with van der Waals surface area (Å²) in [5.74, 6) is 1.69. The van der Waals surface area contributed by atoms with Crippen molar-refractivity contribution in [3.8, 4) is 16.9 Å². The van der Waals surface area contributed by atoms with Gasteiger partial charge in [0.05, 0.1) is 12.0 Å². The van der Waals surface area contributed by atoms with Gasteiger partial charge in [0.25, 0.3) is 0 Å². The summed E-state index contributed by atoms with van der Waals surface area (Å²) in [6.45, 7) is 5.10. The summed E-state index contributed by atoms with van der Waals surface area (Å²) in [4.78, 5) is 11.2. The molecule has 0 radical (unpaired) electrons. The third kappa shape index (κ3) is 5.17. The monoisotopic (exact) mass is 451 g/mol. The van der Waals surface area contributed by atoms with E-state index in [2.05, 4.69) is 29.1 Å². The number of halogens is 1. The second-order valence-corrected chi connectivity index (χ2v) is 9.14. The van der Waals surface area contributed by atoms with E-state index in [0.29, 0.717) is 0 Å². The summed E-state index contributed by atoms with van der Waals surface area (Å²) < 4.78 is 5.86. The Morgan fingerprint density at radius 2 is 1.74 bits per heavy atom. The van der Waals surface area contributed by atoms with Gasteiger partial charge in [-0.1, -0.05) is 49.9 Å². The maximum Gasteiger partial charge on any atom is 0.143 e. The van der Waals surface area contributed by atoms with Gasteiger partial charge in [-0.25, -0.2) is 9.97 Å². The molecule has 31 heavy (non-hydrogen) atoms. The number of benzene rings is 2. The number of hydrogen-bond donors (Lipinski definition) is 1. The van der Waals surface area contributed by atoms with Gasteiger partial charge in [-0.3, -0.25) is 0 Å². The van der Waals surface area contributed by atoms with Crippen LogP contribution in [-0.4, -0.2) is 16.6 Å². The van der Waals surface area contributed by atoms with Gasteiger partial charge in [0, 0.05) is 21.2 Å². The highest BCUT2D eigenvalue weighted by Gasteiger charge is 2.17. The lowest BCUT2D eigenvalue weighted by Gasteiger charge is -2.10. The number of fused-ring (bicyclic) bond motifs is 1. The van der Waals surface area contributed by atoms with Crippen molar-refractivity contribution in [3.05, 3.63) is 64.8 Å². The summed E-state index contributed by atoms with van der Waals surface area (Å²) in [6.07, 6.45) is 6.42. The second-order valence-electron chi connectivity index (χ2n) is 7.50. The number of ether oxygens (including phenoxy) is 1. The number of hydrogen-bond acceptors (Lipinski definition) is 5. The molecule has 160 valence electrons. The Morgan fingerprint density at radius 3 is 2.48 bits per heavy atom. The van der Waals surface area contributed by atoms with Crippen molar-refractivity contribution < 1.29 is 4.74 Å². The molecule has 4 rings (SSSR count). The molecule has 2 heterocycles. The SMILES string of the molecule is CCCCCCOc1ccc(Nc2ncnc3sc(C)c(-c4ccc(Cl)cc4)c23)cc1. The molecular formula is C25H26ClN3OS. The van der Waals surface area contributed by atoms with Gasteiger partial charge in [0.2, 0.25) is 0 Å². The first kappa shape index (κ1) is 21.6. The Bertz CT molecular complexity index is 1140. The Morgan fingerprint density at radius 1 is 0.968 bits per heavy atom. The molecule has 0 amide bonds. The van der Waals surface area contributed by atoms with Crippen LogP contribution in [0.25, 0.3) is 21.3 Å². The number of nitrogens with one attached hydrogen (secondary N) is 1. The minimum Gasteiger partial charge on any atom is -0.494 e. The topological polar surface area (TPSA) is 47.0 Å². The van der Waals surface area contributed by atoms with E-state index >= 15 is 0 Å². The largest absolute Gasteiger partial charge is 0.494 e. The molecule has 4 aromatic rings. The van der Waals surface area contributed by atoms with E-state index in [0.717, 1.165) is 56.6 Å². The van der Waals surface area contributed by atoms with Crippen molar-refractivity contribution in [1.29, 1.82) is 0 Å². The van der Waals surface area contributed by atoms with Gasteiger partial charge < -0.3 is 10.1 Å². The summed E-state index contributed by atoms with van der Waals surface area (Å²) in [6, 6.07) is 16.0. The van der Waals surface area contributed by atoms with Crippen LogP contribution >= 0.6 is 22.9 Å². The molecule has 0 unspecified atom stereocenters. The van der Waals surface area contributed by atoms with Crippen LogP contribution in [0, 0.1) is 6.92 Å². The Kier molecular flexibility index (Phi) is 7.05. The van der Waals surface area contributed by atoms with Crippen LogP contribution in [0.3, 0.4) is 0 Å². The lowest BCUT2D eigenvalue weighted by atomic mass is 10.0. The highest BCUT2D eigenvalue weighted by Crippen LogP contribution is 2.41. The fraction of sp³-hybridized carbons (Fsp3) is 0.280. The van der Waals surface area contributed by atoms with Crippen molar-refractivity contribution >= 4 is 44.7 Å². The highest BCUT2D eigenvalue weighted by atomic mass is 35.5. The quantitative estimate of drug-likeness (QED) is 0.261. The van der Waals surface area contributed by atoms with Crippen LogP contribution < -0.4 is 10.1 Å². The maximum absolute atomic E-state index is 6.09. The predicted molar refractivity (Wildman–Crippen MR) is 132 cm³/mol. The van der Waals surface area contributed by atoms with E-state index in [9.17, 15) is 0 Å². The van der Waals surface area contributed by atoms with E-state index in [1.807, 2.05) is 48.5 Å². The molecule has 6 heteroatoms. The van der Waals surface area contributed by atoms with Crippen LogP contribution in [0.5, 0.6) is 5.75 Å². The van der Waals surface area contributed by atoms with Gasteiger partial charge >= 0.3 is 0 Å². The molecule has 0 atom stereocenters. The number of aryl methyl sites for hydroxylation is 1. The second kappa shape index (κ2) is 10.1. The predicted octanol–water partition coefficient (Wildman–Crippen LogP) is 8.02. The highest BCUT2D eigenvalue weighted by molar-refractivity contribution is 7.19. The van der Waals surface area contributed by atoms with E-state index < -0.39 is 0 Å². The van der Waals surface area contributed by atoms with Crippen LogP contribution in [0.15, 0.2) is 54.9 Å². The van der Waals surface area contributed by atoms with Crippen molar-refractivity contribution in [2.45, 2.75) is 39.5 Å². The molecule has 0 aliphatic rings. The summed E-state index contributed by atoms with van der Waals surface area (Å²) in [5, 5.41) is 5.22. The number of thiophene rings is 1. The lowest BCUT2D eigenvalue weighted by Crippen LogP contribution is -1.98. The fourth-order valence-electron chi connectivity index (χ4n) is 3.59. The number of nitrogens with zero attached hydrogens (tertiary/aromatic N) is 2. The Labute approximate surface area is 192 Å². The van der Waals surface area contributed by atoms with Crippen molar-refractivity contribution in [3.63, 3.8) is 0 Å². The van der Waals surface area contributed by atoms with Gasteiger partial charge in [-0.2, -0.15) is 0 Å². The summed E-state index contributed by atoms with van der Waals surface area (Å²) >= 11 is 7.77. The molecule has 0 aliphatic carbocycles. The van der Waals surface area contributed by atoms with Crippen LogP contribution in [-0.2, 0) is 0 Å². The molecule has 1 N–H and O–H groups in total. The Hall–Kier alpha value is -2.63. The standard InChI is InChI=1S/C25H26ClN3OS/c1-3-4-5-6-15-30-21-13-11-20(12-14-21)29-24-23-22(18-7-9-19(26)10-8-18)17(2)31-25(23)28-16-27-24/h7-14,16H,3-6,15H2,1-2H3,(H,27,28,29). The average molecular weight is 452 g/mol. The number of unbranched alkanes of at least 4 members (excludes halogenated alkanes) is 3. The van der Waals surface area contributed by atoms with Gasteiger partial charge in [0.15, 0.2) is 0 Å². The average Bonchev–Trinajstić information content (AvgIpc) is 3.12. The van der Waals surface area contributed by atoms with Crippen LogP contribution in [0.2, 0.25) is 5.02 Å². The molecule has 0 spiro atoms. The lowest BCUT2D eigenvalue weighted by molar-refractivity contribution is 0.305. The van der Waals surface area contributed by atoms with E-state index in [-0.39, 0.29) is 0 Å². The first-order valence-corrected chi connectivity index (χ1v) is 11.8. The zero-order chi connectivity index (χ0) is 21.6. The van der Waals surface area contributed by atoms with Gasteiger partial charge in [0.1, 0.15) is 22.7 Å². The maximum atomic E-state index is 6.09. The molecule has 2 aromatic carbocycles. The van der Waals surface area contributed by atoms with Gasteiger partial charge in [-0.05, 0) is 55.3 Å². The first-order chi connectivity index (χ1) is 15.2. The van der Waals surface area contributed by atoms with Crippen molar-refractivity contribution in [2.24, 2.45) is 0 Å². The zero-order valence-corrected chi connectivity index (χ0v) is 19.4.